The summed E-state index contributed by atoms with van der Waals surface area (Å²) in [6.45, 7) is 0. The molecule has 118 valence electrons. The van der Waals surface area contributed by atoms with Gasteiger partial charge in [0.25, 0.3) is 0 Å². The van der Waals surface area contributed by atoms with E-state index in [-0.39, 0.29) is 5.78 Å². The molecule has 0 atom stereocenters. The van der Waals surface area contributed by atoms with Crippen LogP contribution in [0.1, 0.15) is 10.4 Å². The van der Waals surface area contributed by atoms with E-state index >= 15 is 0 Å². The third-order valence-electron chi connectivity index (χ3n) is 3.61. The number of carbonyl (C=O) groups excluding carboxylic acids is 1. The second-order valence-electron chi connectivity index (χ2n) is 5.29. The maximum atomic E-state index is 12.2. The Hall–Kier alpha value is -2.84. The molecule has 3 aromatic rings. The lowest BCUT2D eigenvalue weighted by molar-refractivity contribution is 0.104. The monoisotopic (exact) mass is 333 g/mol. The molecule has 1 N–H and O–H groups in total. The lowest BCUT2D eigenvalue weighted by Gasteiger charge is -2.03. The van der Waals surface area contributed by atoms with Crippen molar-refractivity contribution in [1.29, 1.82) is 0 Å². The van der Waals surface area contributed by atoms with Gasteiger partial charge in [-0.05, 0) is 35.4 Å². The molecule has 0 aliphatic heterocycles. The summed E-state index contributed by atoms with van der Waals surface area (Å²) in [4.78, 5) is 12.2. The molecule has 0 spiro atoms. The van der Waals surface area contributed by atoms with E-state index in [1.54, 1.807) is 18.3 Å². The molecular formula is C21H16ClNO. The fraction of sp³-hybridized carbons (Fsp3) is 0. The normalized spacial score (nSPS) is 10.7. The van der Waals surface area contributed by atoms with E-state index in [0.717, 1.165) is 16.8 Å². The average Bonchev–Trinajstić information content (AvgIpc) is 2.64. The van der Waals surface area contributed by atoms with Crippen molar-refractivity contribution in [1.82, 2.24) is 0 Å². The molecule has 0 amide bonds. The van der Waals surface area contributed by atoms with Crippen LogP contribution in [-0.2, 0) is 0 Å². The van der Waals surface area contributed by atoms with Gasteiger partial charge < -0.3 is 5.32 Å². The Morgan fingerprint density at radius 3 is 2.08 bits per heavy atom. The van der Waals surface area contributed by atoms with Crippen molar-refractivity contribution in [2.45, 2.75) is 0 Å². The van der Waals surface area contributed by atoms with Gasteiger partial charge in [-0.1, -0.05) is 66.2 Å². The quantitative estimate of drug-likeness (QED) is 0.471. The number of allylic oxidation sites excluding steroid dienone is 1. The summed E-state index contributed by atoms with van der Waals surface area (Å²) < 4.78 is 0. The van der Waals surface area contributed by atoms with Gasteiger partial charge in [-0.3, -0.25) is 4.79 Å². The third kappa shape index (κ3) is 4.12. The molecule has 0 radical (unpaired) electrons. The minimum absolute atomic E-state index is 0.0453. The molecule has 0 fully saturated rings. The number of ketones is 1. The number of rotatable bonds is 5. The van der Waals surface area contributed by atoms with Gasteiger partial charge in [0, 0.05) is 28.5 Å². The highest BCUT2D eigenvalue weighted by atomic mass is 35.5. The first-order chi connectivity index (χ1) is 11.7. The van der Waals surface area contributed by atoms with E-state index in [1.165, 1.54) is 6.08 Å². The van der Waals surface area contributed by atoms with Crippen LogP contribution in [0.25, 0.3) is 11.1 Å². The summed E-state index contributed by atoms with van der Waals surface area (Å²) in [6.07, 6.45) is 3.16. The number of halogens is 1. The molecule has 0 unspecified atom stereocenters. The van der Waals surface area contributed by atoms with Crippen molar-refractivity contribution >= 4 is 23.1 Å². The molecule has 0 heterocycles. The number of carbonyl (C=O) groups is 1. The number of anilines is 1. The fourth-order valence-electron chi connectivity index (χ4n) is 2.31. The summed E-state index contributed by atoms with van der Waals surface area (Å²) in [5.74, 6) is -0.0453. The van der Waals surface area contributed by atoms with Crippen molar-refractivity contribution in [3.05, 3.63) is 102 Å². The second-order valence-corrected chi connectivity index (χ2v) is 5.73. The molecule has 0 bridgehead atoms. The van der Waals surface area contributed by atoms with E-state index < -0.39 is 0 Å². The van der Waals surface area contributed by atoms with E-state index in [2.05, 4.69) is 5.32 Å². The lowest BCUT2D eigenvalue weighted by atomic mass is 10.0. The molecule has 0 saturated heterocycles. The van der Waals surface area contributed by atoms with Crippen LogP contribution in [0.15, 0.2) is 91.1 Å². The van der Waals surface area contributed by atoms with Crippen molar-refractivity contribution in [2.24, 2.45) is 0 Å². The molecule has 3 rings (SSSR count). The zero-order valence-corrected chi connectivity index (χ0v) is 13.7. The first kappa shape index (κ1) is 16.0. The number of hydrogen-bond acceptors (Lipinski definition) is 2. The van der Waals surface area contributed by atoms with E-state index in [9.17, 15) is 4.79 Å². The molecule has 0 aromatic heterocycles. The van der Waals surface area contributed by atoms with Crippen molar-refractivity contribution in [2.75, 3.05) is 5.32 Å². The highest BCUT2D eigenvalue weighted by Crippen LogP contribution is 2.19. The molecule has 0 saturated carbocycles. The van der Waals surface area contributed by atoms with Crippen LogP contribution in [0.5, 0.6) is 0 Å². The minimum atomic E-state index is -0.0453. The van der Waals surface area contributed by atoms with Crippen LogP contribution >= 0.6 is 11.6 Å². The highest BCUT2D eigenvalue weighted by Gasteiger charge is 2.02. The summed E-state index contributed by atoms with van der Waals surface area (Å²) in [5, 5.41) is 3.73. The van der Waals surface area contributed by atoms with Crippen LogP contribution in [0, 0.1) is 0 Å². The van der Waals surface area contributed by atoms with Gasteiger partial charge >= 0.3 is 0 Å². The summed E-state index contributed by atoms with van der Waals surface area (Å²) >= 11 is 5.83. The zero-order chi connectivity index (χ0) is 16.8. The Labute approximate surface area is 146 Å². The second kappa shape index (κ2) is 7.62. The van der Waals surface area contributed by atoms with Gasteiger partial charge in [0.1, 0.15) is 0 Å². The van der Waals surface area contributed by atoms with Crippen molar-refractivity contribution in [3.63, 3.8) is 0 Å². The van der Waals surface area contributed by atoms with Gasteiger partial charge in [-0.15, -0.1) is 0 Å². The molecular weight excluding hydrogens is 318 g/mol. The maximum Gasteiger partial charge on any atom is 0.187 e. The predicted octanol–water partition coefficient (Wildman–Crippen LogP) is 5.82. The standard InChI is InChI=1S/C21H16ClNO/c22-19-10-12-20(13-11-19)23-15-14-21(24)18-8-6-17(7-9-18)16-4-2-1-3-5-16/h1-15,23H/b15-14+. The first-order valence-corrected chi connectivity index (χ1v) is 7.99. The average molecular weight is 334 g/mol. The summed E-state index contributed by atoms with van der Waals surface area (Å²) in [6, 6.07) is 25.0. The highest BCUT2D eigenvalue weighted by molar-refractivity contribution is 6.30. The van der Waals surface area contributed by atoms with Crippen LogP contribution < -0.4 is 5.32 Å². The van der Waals surface area contributed by atoms with Crippen LogP contribution in [0.2, 0.25) is 5.02 Å². The summed E-state index contributed by atoms with van der Waals surface area (Å²) in [7, 11) is 0. The summed E-state index contributed by atoms with van der Waals surface area (Å²) in [5.41, 5.74) is 3.76. The number of hydrogen-bond donors (Lipinski definition) is 1. The van der Waals surface area contributed by atoms with E-state index in [0.29, 0.717) is 10.6 Å². The van der Waals surface area contributed by atoms with Gasteiger partial charge in [-0.2, -0.15) is 0 Å². The maximum absolute atomic E-state index is 12.2. The number of benzene rings is 3. The van der Waals surface area contributed by atoms with E-state index in [1.807, 2.05) is 66.7 Å². The number of nitrogens with one attached hydrogen (secondary N) is 1. The Morgan fingerprint density at radius 1 is 0.792 bits per heavy atom. The van der Waals surface area contributed by atoms with Crippen molar-refractivity contribution < 1.29 is 4.79 Å². The molecule has 2 nitrogen and oxygen atoms in total. The molecule has 0 aliphatic carbocycles. The van der Waals surface area contributed by atoms with Crippen LogP contribution in [-0.4, -0.2) is 5.78 Å². The minimum Gasteiger partial charge on any atom is -0.362 e. The van der Waals surface area contributed by atoms with E-state index in [4.69, 9.17) is 11.6 Å². The molecule has 24 heavy (non-hydrogen) atoms. The third-order valence-corrected chi connectivity index (χ3v) is 3.86. The van der Waals surface area contributed by atoms with Gasteiger partial charge in [0.2, 0.25) is 0 Å². The lowest BCUT2D eigenvalue weighted by Crippen LogP contribution is -1.96. The van der Waals surface area contributed by atoms with Crippen molar-refractivity contribution in [3.8, 4) is 11.1 Å². The zero-order valence-electron chi connectivity index (χ0n) is 12.9. The Kier molecular flexibility index (Phi) is 5.09. The molecule has 0 aliphatic rings. The largest absolute Gasteiger partial charge is 0.362 e. The molecule has 3 heteroatoms. The smallest absolute Gasteiger partial charge is 0.187 e. The Morgan fingerprint density at radius 2 is 1.42 bits per heavy atom. The van der Waals surface area contributed by atoms with Crippen LogP contribution in [0.3, 0.4) is 0 Å². The Balaban J connectivity index is 1.64. The Bertz CT molecular complexity index is 837. The topological polar surface area (TPSA) is 29.1 Å². The predicted molar refractivity (Wildman–Crippen MR) is 100 cm³/mol. The van der Waals surface area contributed by atoms with Gasteiger partial charge in [0.15, 0.2) is 5.78 Å². The first-order valence-electron chi connectivity index (χ1n) is 7.61. The fourth-order valence-corrected chi connectivity index (χ4v) is 2.44. The SMILES string of the molecule is O=C(/C=C/Nc1ccc(Cl)cc1)c1ccc(-c2ccccc2)cc1. The van der Waals surface area contributed by atoms with Gasteiger partial charge in [0.05, 0.1) is 0 Å². The molecule has 3 aromatic carbocycles. The van der Waals surface area contributed by atoms with Crippen LogP contribution in [0.4, 0.5) is 5.69 Å². The van der Waals surface area contributed by atoms with Gasteiger partial charge in [-0.25, -0.2) is 0 Å².